The molecule has 1 aliphatic heterocycles. The van der Waals surface area contributed by atoms with E-state index in [9.17, 15) is 13.2 Å². The number of piperidine rings is 1. The first kappa shape index (κ1) is 23.1. The average Bonchev–Trinajstić information content (AvgIpc) is 2.79. The summed E-state index contributed by atoms with van der Waals surface area (Å²) < 4.78 is 38.1. The van der Waals surface area contributed by atoms with Gasteiger partial charge in [-0.05, 0) is 74.2 Å². The van der Waals surface area contributed by atoms with Gasteiger partial charge in [0.2, 0.25) is 15.9 Å². The maximum atomic E-state index is 13.0. The van der Waals surface area contributed by atoms with Gasteiger partial charge in [0.1, 0.15) is 18.1 Å². The molecule has 1 heterocycles. The molecule has 1 amide bonds. The molecule has 31 heavy (non-hydrogen) atoms. The van der Waals surface area contributed by atoms with Gasteiger partial charge in [-0.25, -0.2) is 8.42 Å². The van der Waals surface area contributed by atoms with Gasteiger partial charge in [0, 0.05) is 13.1 Å². The first-order valence-electron chi connectivity index (χ1n) is 10.4. The molecule has 168 valence electrons. The van der Waals surface area contributed by atoms with Crippen LogP contribution in [-0.2, 0) is 14.8 Å². The molecule has 3 rings (SSSR count). The van der Waals surface area contributed by atoms with Crippen LogP contribution in [0.3, 0.4) is 0 Å². The van der Waals surface area contributed by atoms with Gasteiger partial charge in [-0.1, -0.05) is 6.07 Å². The molecule has 2 aromatic rings. The molecule has 1 fully saturated rings. The lowest BCUT2D eigenvalue weighted by molar-refractivity contribution is -0.126. The van der Waals surface area contributed by atoms with Crippen LogP contribution < -0.4 is 14.8 Å². The number of rotatable bonds is 8. The Hall–Kier alpha value is -2.58. The van der Waals surface area contributed by atoms with Crippen LogP contribution in [0.2, 0.25) is 0 Å². The van der Waals surface area contributed by atoms with Gasteiger partial charge in [0.15, 0.2) is 0 Å². The number of sulfonamides is 1. The fourth-order valence-electron chi connectivity index (χ4n) is 3.56. The maximum Gasteiger partial charge on any atom is 0.243 e. The number of hydrogen-bond acceptors (Lipinski definition) is 5. The van der Waals surface area contributed by atoms with Crippen LogP contribution in [0.25, 0.3) is 0 Å². The molecule has 1 saturated heterocycles. The second kappa shape index (κ2) is 10.2. The molecular weight excluding hydrogens is 416 g/mol. The van der Waals surface area contributed by atoms with Crippen molar-refractivity contribution in [1.29, 1.82) is 0 Å². The summed E-state index contributed by atoms with van der Waals surface area (Å²) in [4.78, 5) is 12.8. The zero-order valence-electron chi connectivity index (χ0n) is 18.3. The Morgan fingerprint density at radius 3 is 2.48 bits per heavy atom. The summed E-state index contributed by atoms with van der Waals surface area (Å²) in [5, 5.41) is 2.87. The minimum absolute atomic E-state index is 0.140. The number of aryl methyl sites for hydroxylation is 2. The van der Waals surface area contributed by atoms with E-state index in [1.807, 2.05) is 32.0 Å². The molecular formula is C23H30N2O5S. The van der Waals surface area contributed by atoms with Crippen LogP contribution in [0.1, 0.15) is 24.0 Å². The number of ether oxygens (including phenoxy) is 2. The third-order valence-corrected chi connectivity index (χ3v) is 7.48. The Morgan fingerprint density at radius 1 is 1.10 bits per heavy atom. The Kier molecular flexibility index (Phi) is 7.56. The quantitative estimate of drug-likeness (QED) is 0.631. The van der Waals surface area contributed by atoms with Crippen molar-refractivity contribution >= 4 is 15.9 Å². The van der Waals surface area contributed by atoms with E-state index >= 15 is 0 Å². The largest absolute Gasteiger partial charge is 0.497 e. The molecule has 0 unspecified atom stereocenters. The van der Waals surface area contributed by atoms with E-state index in [4.69, 9.17) is 9.47 Å². The number of hydrogen-bond donors (Lipinski definition) is 1. The molecule has 0 radical (unpaired) electrons. The van der Waals surface area contributed by atoms with Crippen LogP contribution in [0, 0.1) is 19.8 Å². The molecule has 8 heteroatoms. The number of carbonyl (C=O) groups excluding carboxylic acids is 1. The Morgan fingerprint density at radius 2 is 1.81 bits per heavy atom. The number of benzene rings is 2. The summed E-state index contributed by atoms with van der Waals surface area (Å²) in [7, 11) is -2.12. The molecule has 0 saturated carbocycles. The van der Waals surface area contributed by atoms with Gasteiger partial charge in [-0.2, -0.15) is 4.31 Å². The molecule has 0 spiro atoms. The van der Waals surface area contributed by atoms with Crippen LogP contribution in [0.5, 0.6) is 11.5 Å². The minimum atomic E-state index is -3.65. The highest BCUT2D eigenvalue weighted by Gasteiger charge is 2.33. The Labute approximate surface area is 184 Å². The first-order chi connectivity index (χ1) is 14.8. The number of amides is 1. The second-order valence-corrected chi connectivity index (χ2v) is 9.70. The van der Waals surface area contributed by atoms with Crippen molar-refractivity contribution in [3.63, 3.8) is 0 Å². The van der Waals surface area contributed by atoms with E-state index in [-0.39, 0.29) is 23.3 Å². The van der Waals surface area contributed by atoms with Gasteiger partial charge in [0.25, 0.3) is 0 Å². The molecule has 1 aliphatic rings. The molecule has 2 aromatic carbocycles. The molecule has 0 bridgehead atoms. The van der Waals surface area contributed by atoms with Crippen molar-refractivity contribution in [1.82, 2.24) is 9.62 Å². The monoisotopic (exact) mass is 446 g/mol. The van der Waals surface area contributed by atoms with Gasteiger partial charge in [0.05, 0.1) is 24.5 Å². The van der Waals surface area contributed by atoms with Crippen LogP contribution >= 0.6 is 0 Å². The third kappa shape index (κ3) is 5.77. The number of nitrogens with one attached hydrogen (secondary N) is 1. The van der Waals surface area contributed by atoms with E-state index in [1.54, 1.807) is 12.1 Å². The maximum absolute atomic E-state index is 13.0. The summed E-state index contributed by atoms with van der Waals surface area (Å²) in [6.45, 7) is 5.38. The third-order valence-electron chi connectivity index (χ3n) is 5.60. The predicted molar refractivity (Wildman–Crippen MR) is 119 cm³/mol. The summed E-state index contributed by atoms with van der Waals surface area (Å²) >= 11 is 0. The summed E-state index contributed by atoms with van der Waals surface area (Å²) in [6, 6.07) is 12.2. The first-order valence-corrected chi connectivity index (χ1v) is 11.9. The van der Waals surface area contributed by atoms with Crippen molar-refractivity contribution in [2.45, 2.75) is 31.6 Å². The summed E-state index contributed by atoms with van der Waals surface area (Å²) in [5.41, 5.74) is 2.36. The lowest BCUT2D eigenvalue weighted by Gasteiger charge is -2.31. The zero-order chi connectivity index (χ0) is 22.4. The average molecular weight is 447 g/mol. The molecule has 7 nitrogen and oxygen atoms in total. The highest BCUT2D eigenvalue weighted by molar-refractivity contribution is 7.89. The summed E-state index contributed by atoms with van der Waals surface area (Å²) in [6.07, 6.45) is 1.31. The molecule has 0 aliphatic carbocycles. The van der Waals surface area contributed by atoms with E-state index in [0.29, 0.717) is 38.3 Å². The lowest BCUT2D eigenvalue weighted by atomic mass is 9.99. The SMILES string of the molecule is COc1ccc(S(=O)(=O)N2CCC[C@H](C(=O)NCCOc3ccc(C)c(C)c3)C2)cc1. The van der Waals surface area contributed by atoms with Gasteiger partial charge in [-0.15, -0.1) is 0 Å². The van der Waals surface area contributed by atoms with E-state index in [2.05, 4.69) is 5.32 Å². The van der Waals surface area contributed by atoms with Crippen molar-refractivity contribution in [2.24, 2.45) is 5.92 Å². The molecule has 0 aromatic heterocycles. The van der Waals surface area contributed by atoms with E-state index in [1.165, 1.54) is 29.1 Å². The van der Waals surface area contributed by atoms with E-state index < -0.39 is 10.0 Å². The van der Waals surface area contributed by atoms with Crippen molar-refractivity contribution < 1.29 is 22.7 Å². The summed E-state index contributed by atoms with van der Waals surface area (Å²) in [5.74, 6) is 0.853. The fraction of sp³-hybridized carbons (Fsp3) is 0.435. The second-order valence-electron chi connectivity index (χ2n) is 7.76. The van der Waals surface area contributed by atoms with Gasteiger partial charge in [-0.3, -0.25) is 4.79 Å². The van der Waals surface area contributed by atoms with Crippen molar-refractivity contribution in [3.05, 3.63) is 53.6 Å². The van der Waals surface area contributed by atoms with Gasteiger partial charge < -0.3 is 14.8 Å². The zero-order valence-corrected chi connectivity index (χ0v) is 19.1. The van der Waals surface area contributed by atoms with Gasteiger partial charge >= 0.3 is 0 Å². The standard InChI is InChI=1S/C23H30N2O5S/c1-17-6-7-21(15-18(17)2)30-14-12-24-23(26)19-5-4-13-25(16-19)31(27,28)22-10-8-20(29-3)9-11-22/h6-11,15,19H,4-5,12-14,16H2,1-3H3,(H,24,26)/t19-/m0/s1. The number of nitrogens with zero attached hydrogens (tertiary/aromatic N) is 1. The Balaban J connectivity index is 1.51. The fourth-order valence-corrected chi connectivity index (χ4v) is 5.09. The molecule has 1 atom stereocenters. The highest BCUT2D eigenvalue weighted by atomic mass is 32.2. The van der Waals surface area contributed by atoms with Crippen LogP contribution in [-0.4, -0.2) is 52.0 Å². The van der Waals surface area contributed by atoms with Crippen LogP contribution in [0.4, 0.5) is 0 Å². The molecule has 1 N–H and O–H groups in total. The highest BCUT2D eigenvalue weighted by Crippen LogP contribution is 2.25. The topological polar surface area (TPSA) is 84.9 Å². The smallest absolute Gasteiger partial charge is 0.243 e. The van der Waals surface area contributed by atoms with Crippen molar-refractivity contribution in [3.8, 4) is 11.5 Å². The van der Waals surface area contributed by atoms with Crippen LogP contribution in [0.15, 0.2) is 47.4 Å². The van der Waals surface area contributed by atoms with Crippen molar-refractivity contribution in [2.75, 3.05) is 33.4 Å². The minimum Gasteiger partial charge on any atom is -0.497 e. The Bertz CT molecular complexity index is 1010. The normalized spacial score (nSPS) is 17.2. The number of methoxy groups -OCH3 is 1. The predicted octanol–water partition coefficient (Wildman–Crippen LogP) is 2.91. The lowest BCUT2D eigenvalue weighted by Crippen LogP contribution is -2.45. The van der Waals surface area contributed by atoms with E-state index in [0.717, 1.165) is 11.3 Å². The number of carbonyl (C=O) groups is 1.